The van der Waals surface area contributed by atoms with E-state index in [-0.39, 0.29) is 19.0 Å². The van der Waals surface area contributed by atoms with E-state index in [2.05, 4.69) is 16.1 Å². The second-order valence-corrected chi connectivity index (χ2v) is 7.37. The van der Waals surface area contributed by atoms with E-state index in [1.165, 1.54) is 0 Å². The van der Waals surface area contributed by atoms with Crippen LogP contribution in [0.15, 0.2) is 24.3 Å². The van der Waals surface area contributed by atoms with Gasteiger partial charge in [-0.3, -0.25) is 24.7 Å². The van der Waals surface area contributed by atoms with Gasteiger partial charge in [-0.2, -0.15) is 5.01 Å². The van der Waals surface area contributed by atoms with E-state index in [0.717, 1.165) is 17.7 Å². The Balaban J connectivity index is 1.95. The Morgan fingerprint density at radius 1 is 1.14 bits per heavy atom. The Morgan fingerprint density at radius 2 is 1.79 bits per heavy atom. The van der Waals surface area contributed by atoms with Crippen LogP contribution < -0.4 is 16.1 Å². The summed E-state index contributed by atoms with van der Waals surface area (Å²) in [5.74, 6) is -1.28. The first kappa shape index (κ1) is 22.4. The molecule has 0 aliphatic carbocycles. The molecule has 5 amide bonds. The number of hydrogen-bond donors (Lipinski definition) is 3. The van der Waals surface area contributed by atoms with Gasteiger partial charge in [0.15, 0.2) is 0 Å². The van der Waals surface area contributed by atoms with E-state index >= 15 is 0 Å². The summed E-state index contributed by atoms with van der Waals surface area (Å²) in [6, 6.07) is 6.77. The highest BCUT2D eigenvalue weighted by Gasteiger charge is 2.47. The van der Waals surface area contributed by atoms with E-state index in [1.807, 2.05) is 38.1 Å². The first-order valence-corrected chi connectivity index (χ1v) is 9.74. The average Bonchev–Trinajstić information content (AvgIpc) is 2.87. The van der Waals surface area contributed by atoms with Crippen molar-refractivity contribution in [2.75, 3.05) is 25.0 Å². The van der Waals surface area contributed by atoms with Gasteiger partial charge in [0.05, 0.1) is 13.1 Å². The standard InChI is InChI=1S/C20H29N5O4/c1-5-11-24(12-16(26)21-15-10-8-7-9-14(15)3)13-17(27)23-25-18(28)20(4,6-2)22-19(25)29/h7-10H,5-6,11-13H2,1-4H3,(H,21,26)(H,22,29)(H,23,27). The van der Waals surface area contributed by atoms with Crippen molar-refractivity contribution >= 4 is 29.4 Å². The predicted molar refractivity (Wildman–Crippen MR) is 109 cm³/mol. The molecule has 0 saturated carbocycles. The average molecular weight is 403 g/mol. The van der Waals surface area contributed by atoms with Crippen molar-refractivity contribution in [1.29, 1.82) is 0 Å². The smallest absolute Gasteiger partial charge is 0.325 e. The number of urea groups is 1. The molecule has 9 heteroatoms. The normalized spacial score (nSPS) is 18.7. The lowest BCUT2D eigenvalue weighted by atomic mass is 10.00. The molecule has 0 radical (unpaired) electrons. The maximum atomic E-state index is 12.4. The first-order chi connectivity index (χ1) is 13.7. The number of nitrogens with one attached hydrogen (secondary N) is 3. The number of amides is 5. The number of imide groups is 1. The summed E-state index contributed by atoms with van der Waals surface area (Å²) in [6.45, 7) is 7.64. The van der Waals surface area contributed by atoms with E-state index in [4.69, 9.17) is 0 Å². The van der Waals surface area contributed by atoms with Crippen LogP contribution in [0.1, 0.15) is 39.2 Å². The Morgan fingerprint density at radius 3 is 2.38 bits per heavy atom. The molecular weight excluding hydrogens is 374 g/mol. The molecule has 1 unspecified atom stereocenters. The molecule has 2 rings (SSSR count). The van der Waals surface area contributed by atoms with Crippen molar-refractivity contribution in [3.05, 3.63) is 29.8 Å². The number of hydrogen-bond acceptors (Lipinski definition) is 5. The molecule has 1 heterocycles. The fourth-order valence-electron chi connectivity index (χ4n) is 3.02. The third-order valence-electron chi connectivity index (χ3n) is 4.90. The van der Waals surface area contributed by atoms with Crippen molar-refractivity contribution in [2.24, 2.45) is 0 Å². The van der Waals surface area contributed by atoms with Gasteiger partial charge < -0.3 is 10.6 Å². The minimum absolute atomic E-state index is 0.0163. The number of nitrogens with zero attached hydrogens (tertiary/aromatic N) is 2. The highest BCUT2D eigenvalue weighted by molar-refractivity contribution is 6.07. The van der Waals surface area contributed by atoms with Crippen LogP contribution in [0.3, 0.4) is 0 Å². The molecule has 0 bridgehead atoms. The minimum atomic E-state index is -1.03. The van der Waals surface area contributed by atoms with Crippen LogP contribution in [-0.2, 0) is 14.4 Å². The van der Waals surface area contributed by atoms with Gasteiger partial charge >= 0.3 is 6.03 Å². The number of carbonyl (C=O) groups excluding carboxylic acids is 4. The Kier molecular flexibility index (Phi) is 7.33. The molecule has 1 fully saturated rings. The fourth-order valence-corrected chi connectivity index (χ4v) is 3.02. The zero-order valence-electron chi connectivity index (χ0n) is 17.4. The largest absolute Gasteiger partial charge is 0.344 e. The van der Waals surface area contributed by atoms with Gasteiger partial charge in [0.1, 0.15) is 5.54 Å². The molecule has 3 N–H and O–H groups in total. The van der Waals surface area contributed by atoms with Gasteiger partial charge in [0, 0.05) is 5.69 Å². The zero-order chi connectivity index (χ0) is 21.6. The molecule has 158 valence electrons. The second-order valence-electron chi connectivity index (χ2n) is 7.37. The lowest BCUT2D eigenvalue weighted by molar-refractivity contribution is -0.139. The first-order valence-electron chi connectivity index (χ1n) is 9.74. The summed E-state index contributed by atoms with van der Waals surface area (Å²) in [7, 11) is 0. The third-order valence-corrected chi connectivity index (χ3v) is 4.90. The van der Waals surface area contributed by atoms with Crippen LogP contribution in [0.4, 0.5) is 10.5 Å². The van der Waals surface area contributed by atoms with Gasteiger partial charge in [-0.05, 0) is 44.9 Å². The number of anilines is 1. The van der Waals surface area contributed by atoms with Gasteiger partial charge in [0.2, 0.25) is 5.91 Å². The van der Waals surface area contributed by atoms with Crippen molar-refractivity contribution in [3.63, 3.8) is 0 Å². The van der Waals surface area contributed by atoms with Crippen LogP contribution in [-0.4, -0.2) is 58.8 Å². The summed E-state index contributed by atoms with van der Waals surface area (Å²) < 4.78 is 0. The maximum absolute atomic E-state index is 12.4. The van der Waals surface area contributed by atoms with Crippen molar-refractivity contribution in [3.8, 4) is 0 Å². The summed E-state index contributed by atoms with van der Waals surface area (Å²) in [6.07, 6.45) is 1.15. The summed E-state index contributed by atoms with van der Waals surface area (Å²) >= 11 is 0. The molecule has 1 aliphatic heterocycles. The molecule has 9 nitrogen and oxygen atoms in total. The Hall–Kier alpha value is -2.94. The number of carbonyl (C=O) groups is 4. The van der Waals surface area contributed by atoms with Crippen molar-refractivity contribution in [1.82, 2.24) is 20.7 Å². The SMILES string of the molecule is CCCN(CC(=O)Nc1ccccc1C)CC(=O)NN1C(=O)NC(C)(CC)C1=O. The number of benzene rings is 1. The highest BCUT2D eigenvalue weighted by atomic mass is 16.2. The topological polar surface area (TPSA) is 111 Å². The number of hydrazine groups is 1. The molecule has 1 aromatic carbocycles. The number of aryl methyl sites for hydroxylation is 1. The molecule has 1 saturated heterocycles. The van der Waals surface area contributed by atoms with Gasteiger partial charge in [0.25, 0.3) is 11.8 Å². The molecule has 0 spiro atoms. The molecule has 1 aliphatic rings. The van der Waals surface area contributed by atoms with E-state index in [1.54, 1.807) is 18.7 Å². The molecule has 0 aromatic heterocycles. The second kappa shape index (κ2) is 9.51. The quantitative estimate of drug-likeness (QED) is 0.540. The van der Waals surface area contributed by atoms with Gasteiger partial charge in [-0.1, -0.05) is 32.0 Å². The zero-order valence-corrected chi connectivity index (χ0v) is 17.4. The third kappa shape index (κ3) is 5.54. The van der Waals surface area contributed by atoms with Crippen LogP contribution in [0.25, 0.3) is 0 Å². The van der Waals surface area contributed by atoms with Crippen molar-refractivity contribution in [2.45, 2.75) is 46.1 Å². The van der Waals surface area contributed by atoms with Crippen LogP contribution in [0.2, 0.25) is 0 Å². The molecule has 1 atom stereocenters. The summed E-state index contributed by atoms with van der Waals surface area (Å²) in [5, 5.41) is 6.12. The van der Waals surface area contributed by atoms with E-state index in [9.17, 15) is 19.2 Å². The van der Waals surface area contributed by atoms with Gasteiger partial charge in [-0.25, -0.2) is 4.79 Å². The molecular formula is C20H29N5O4. The van der Waals surface area contributed by atoms with Crippen LogP contribution in [0.5, 0.6) is 0 Å². The van der Waals surface area contributed by atoms with Crippen molar-refractivity contribution < 1.29 is 19.2 Å². The number of para-hydroxylation sites is 1. The molecule has 29 heavy (non-hydrogen) atoms. The fraction of sp³-hybridized carbons (Fsp3) is 0.500. The lowest BCUT2D eigenvalue weighted by Gasteiger charge is -2.23. The Bertz CT molecular complexity index is 797. The van der Waals surface area contributed by atoms with Crippen LogP contribution in [0, 0.1) is 6.92 Å². The molecule has 1 aromatic rings. The predicted octanol–water partition coefficient (Wildman–Crippen LogP) is 1.40. The number of rotatable bonds is 9. The monoisotopic (exact) mass is 403 g/mol. The minimum Gasteiger partial charge on any atom is -0.325 e. The highest BCUT2D eigenvalue weighted by Crippen LogP contribution is 2.19. The lowest BCUT2D eigenvalue weighted by Crippen LogP contribution is -2.51. The van der Waals surface area contributed by atoms with Crippen LogP contribution >= 0.6 is 0 Å². The van der Waals surface area contributed by atoms with E-state index < -0.39 is 23.4 Å². The Labute approximate surface area is 170 Å². The van der Waals surface area contributed by atoms with E-state index in [0.29, 0.717) is 18.0 Å². The van der Waals surface area contributed by atoms with Gasteiger partial charge in [-0.15, -0.1) is 0 Å². The summed E-state index contributed by atoms with van der Waals surface area (Å²) in [4.78, 5) is 50.9. The maximum Gasteiger partial charge on any atom is 0.344 e. The summed E-state index contributed by atoms with van der Waals surface area (Å²) in [5.41, 5.74) is 2.98.